The Hall–Kier alpha value is -1.57. The molecule has 3 N–H and O–H groups in total. The molecule has 0 radical (unpaired) electrons. The number of hydrogen-bond acceptors (Lipinski definition) is 4. The molecule has 6 nitrogen and oxygen atoms in total. The molecule has 8 heteroatoms. The second kappa shape index (κ2) is 5.43. The van der Waals surface area contributed by atoms with Gasteiger partial charge in [0.25, 0.3) is 10.0 Å². The fraction of sp³-hybridized carbons (Fsp3) is 0.250. The third-order valence-electron chi connectivity index (χ3n) is 2.90. The molecular formula is C12H15ClN4O2S. The van der Waals surface area contributed by atoms with Gasteiger partial charge >= 0.3 is 0 Å². The third-order valence-corrected chi connectivity index (χ3v) is 4.62. The van der Waals surface area contributed by atoms with E-state index in [1.165, 1.54) is 16.9 Å². The van der Waals surface area contributed by atoms with E-state index in [9.17, 15) is 8.42 Å². The highest BCUT2D eigenvalue weighted by atomic mass is 35.5. The van der Waals surface area contributed by atoms with E-state index < -0.39 is 10.0 Å². The van der Waals surface area contributed by atoms with E-state index >= 15 is 0 Å². The van der Waals surface area contributed by atoms with Gasteiger partial charge in [-0.05, 0) is 30.2 Å². The Bertz CT molecular complexity index is 740. The highest BCUT2D eigenvalue weighted by molar-refractivity contribution is 7.92. The average molecular weight is 315 g/mol. The molecule has 0 aliphatic heterocycles. The van der Waals surface area contributed by atoms with E-state index in [0.29, 0.717) is 21.8 Å². The molecule has 1 aromatic carbocycles. The first kappa shape index (κ1) is 14.8. The van der Waals surface area contributed by atoms with E-state index in [-0.39, 0.29) is 11.4 Å². The molecule has 0 saturated carbocycles. The molecule has 0 fully saturated rings. The van der Waals surface area contributed by atoms with Crippen LogP contribution in [0.3, 0.4) is 0 Å². The van der Waals surface area contributed by atoms with Crippen molar-refractivity contribution in [2.75, 3.05) is 4.72 Å². The van der Waals surface area contributed by atoms with Crippen LogP contribution in [0.4, 0.5) is 5.69 Å². The molecular weight excluding hydrogens is 300 g/mol. The second-order valence-corrected chi connectivity index (χ2v) is 6.49. The van der Waals surface area contributed by atoms with Gasteiger partial charge in [0.1, 0.15) is 0 Å². The number of rotatable bonds is 4. The van der Waals surface area contributed by atoms with Crippen LogP contribution in [-0.2, 0) is 23.6 Å². The van der Waals surface area contributed by atoms with Gasteiger partial charge in [0.2, 0.25) is 0 Å². The minimum absolute atomic E-state index is 0.120. The van der Waals surface area contributed by atoms with Gasteiger partial charge in [0.15, 0.2) is 0 Å². The molecule has 108 valence electrons. The van der Waals surface area contributed by atoms with Gasteiger partial charge in [-0.15, -0.1) is 0 Å². The van der Waals surface area contributed by atoms with E-state index in [2.05, 4.69) is 9.82 Å². The lowest BCUT2D eigenvalue weighted by Gasteiger charge is -2.12. The van der Waals surface area contributed by atoms with Crippen LogP contribution in [0.2, 0.25) is 5.02 Å². The lowest BCUT2D eigenvalue weighted by molar-refractivity contribution is 0.600. The summed E-state index contributed by atoms with van der Waals surface area (Å²) in [5, 5.41) is 4.25. The van der Waals surface area contributed by atoms with Crippen LogP contribution < -0.4 is 10.5 Å². The fourth-order valence-electron chi connectivity index (χ4n) is 1.88. The zero-order valence-electron chi connectivity index (χ0n) is 11.1. The summed E-state index contributed by atoms with van der Waals surface area (Å²) >= 11 is 5.95. The number of halogens is 1. The number of anilines is 1. The molecule has 1 heterocycles. The number of nitrogens with zero attached hydrogens (tertiary/aromatic N) is 2. The Labute approximate surface area is 122 Å². The molecule has 2 rings (SSSR count). The van der Waals surface area contributed by atoms with Crippen molar-refractivity contribution in [1.29, 1.82) is 0 Å². The quantitative estimate of drug-likeness (QED) is 0.897. The first-order valence-electron chi connectivity index (χ1n) is 5.84. The number of aryl methyl sites for hydroxylation is 1. The lowest BCUT2D eigenvalue weighted by Crippen LogP contribution is -2.15. The van der Waals surface area contributed by atoms with Crippen LogP contribution in [0.25, 0.3) is 0 Å². The average Bonchev–Trinajstić information content (AvgIpc) is 2.76. The third kappa shape index (κ3) is 2.95. The van der Waals surface area contributed by atoms with Gasteiger partial charge in [0.05, 0.1) is 16.8 Å². The molecule has 0 saturated heterocycles. The van der Waals surface area contributed by atoms with Crippen molar-refractivity contribution >= 4 is 27.3 Å². The molecule has 0 unspecified atom stereocenters. The maximum Gasteiger partial charge on any atom is 0.262 e. The summed E-state index contributed by atoms with van der Waals surface area (Å²) in [6, 6.07) is 3.08. The van der Waals surface area contributed by atoms with Gasteiger partial charge in [0, 0.05) is 24.8 Å². The van der Waals surface area contributed by atoms with Crippen LogP contribution >= 0.6 is 11.6 Å². The SMILES string of the molecule is Cc1c(CN)cc(Cl)cc1S(=O)(=O)Nc1cnn(C)c1. The van der Waals surface area contributed by atoms with Crippen LogP contribution in [0.5, 0.6) is 0 Å². The summed E-state index contributed by atoms with van der Waals surface area (Å²) < 4.78 is 28.8. The molecule has 0 spiro atoms. The van der Waals surface area contributed by atoms with E-state index in [1.807, 2.05) is 0 Å². The molecule has 1 aromatic heterocycles. The number of nitrogens with two attached hydrogens (primary N) is 1. The standard InChI is InChI=1S/C12H15ClN4O2S/c1-8-9(5-14)3-10(13)4-12(8)20(18,19)16-11-6-15-17(2)7-11/h3-4,6-7,16H,5,14H2,1-2H3. The monoisotopic (exact) mass is 314 g/mol. The zero-order valence-corrected chi connectivity index (χ0v) is 12.7. The first-order valence-corrected chi connectivity index (χ1v) is 7.70. The minimum atomic E-state index is -3.73. The summed E-state index contributed by atoms with van der Waals surface area (Å²) in [6.45, 7) is 1.93. The van der Waals surface area contributed by atoms with Crippen molar-refractivity contribution in [3.8, 4) is 0 Å². The van der Waals surface area contributed by atoms with Crippen LogP contribution in [0, 0.1) is 6.92 Å². The molecule has 0 atom stereocenters. The van der Waals surface area contributed by atoms with Crippen molar-refractivity contribution < 1.29 is 8.42 Å². The predicted molar refractivity (Wildman–Crippen MR) is 78.1 cm³/mol. The first-order chi connectivity index (χ1) is 9.33. The smallest absolute Gasteiger partial charge is 0.262 e. The molecule has 0 amide bonds. The van der Waals surface area contributed by atoms with Crippen molar-refractivity contribution in [1.82, 2.24) is 9.78 Å². The van der Waals surface area contributed by atoms with Gasteiger partial charge in [-0.25, -0.2) is 8.42 Å². The Morgan fingerprint density at radius 3 is 2.70 bits per heavy atom. The van der Waals surface area contributed by atoms with Gasteiger partial charge < -0.3 is 5.73 Å². The normalized spacial score (nSPS) is 11.6. The summed E-state index contributed by atoms with van der Waals surface area (Å²) in [6.07, 6.45) is 3.00. The van der Waals surface area contributed by atoms with Crippen LogP contribution in [0.1, 0.15) is 11.1 Å². The maximum atomic E-state index is 12.4. The molecule has 0 bridgehead atoms. The topological polar surface area (TPSA) is 90.0 Å². The van der Waals surface area contributed by atoms with E-state index in [0.717, 1.165) is 0 Å². The molecule has 2 aromatic rings. The largest absolute Gasteiger partial charge is 0.326 e. The van der Waals surface area contributed by atoms with Gasteiger partial charge in [-0.1, -0.05) is 11.6 Å². The van der Waals surface area contributed by atoms with Gasteiger partial charge in [-0.2, -0.15) is 5.10 Å². The number of aromatic nitrogens is 2. The lowest BCUT2D eigenvalue weighted by atomic mass is 10.1. The Morgan fingerprint density at radius 1 is 1.45 bits per heavy atom. The maximum absolute atomic E-state index is 12.4. The summed E-state index contributed by atoms with van der Waals surface area (Å²) in [4.78, 5) is 0.120. The molecule has 0 aliphatic rings. The van der Waals surface area contributed by atoms with Crippen molar-refractivity contribution in [3.63, 3.8) is 0 Å². The minimum Gasteiger partial charge on any atom is -0.326 e. The predicted octanol–water partition coefficient (Wildman–Crippen LogP) is 1.64. The second-order valence-electron chi connectivity index (χ2n) is 4.40. The zero-order chi connectivity index (χ0) is 14.9. The van der Waals surface area contributed by atoms with E-state index in [1.54, 1.807) is 26.2 Å². The van der Waals surface area contributed by atoms with Crippen molar-refractivity contribution in [2.24, 2.45) is 12.8 Å². The summed E-state index contributed by atoms with van der Waals surface area (Å²) in [5.41, 5.74) is 7.28. The number of sulfonamides is 1. The van der Waals surface area contributed by atoms with Crippen LogP contribution in [-0.4, -0.2) is 18.2 Å². The Kier molecular flexibility index (Phi) is 4.03. The number of nitrogens with one attached hydrogen (secondary N) is 1. The molecule has 20 heavy (non-hydrogen) atoms. The summed E-state index contributed by atoms with van der Waals surface area (Å²) in [7, 11) is -2.03. The Balaban J connectivity index is 2.46. The highest BCUT2D eigenvalue weighted by Gasteiger charge is 2.20. The number of benzene rings is 1. The van der Waals surface area contributed by atoms with Gasteiger partial charge in [-0.3, -0.25) is 9.40 Å². The van der Waals surface area contributed by atoms with Crippen molar-refractivity contribution in [2.45, 2.75) is 18.4 Å². The van der Waals surface area contributed by atoms with E-state index in [4.69, 9.17) is 17.3 Å². The highest BCUT2D eigenvalue weighted by Crippen LogP contribution is 2.25. The summed E-state index contributed by atoms with van der Waals surface area (Å²) in [5.74, 6) is 0. The fourth-order valence-corrected chi connectivity index (χ4v) is 3.53. The molecule has 0 aliphatic carbocycles. The van der Waals surface area contributed by atoms with Crippen LogP contribution in [0.15, 0.2) is 29.4 Å². The number of hydrogen-bond donors (Lipinski definition) is 2. The van der Waals surface area contributed by atoms with Crippen molar-refractivity contribution in [3.05, 3.63) is 40.7 Å². The Morgan fingerprint density at radius 2 is 2.15 bits per heavy atom.